The van der Waals surface area contributed by atoms with E-state index in [0.717, 1.165) is 5.56 Å². The molecule has 0 aromatic heterocycles. The Kier molecular flexibility index (Phi) is 4.84. The molecule has 0 spiro atoms. The fraction of sp³-hybridized carbons (Fsp3) is 0.500. The molecule has 1 atom stereocenters. The maximum absolute atomic E-state index is 13.3. The minimum atomic E-state index is -4.27. The van der Waals surface area contributed by atoms with Gasteiger partial charge in [0.15, 0.2) is 0 Å². The number of alkyl halides is 1. The van der Waals surface area contributed by atoms with Crippen molar-refractivity contribution in [2.45, 2.75) is 25.6 Å². The second kappa shape index (κ2) is 5.77. The van der Waals surface area contributed by atoms with Crippen LogP contribution in [0.1, 0.15) is 19.4 Å². The van der Waals surface area contributed by atoms with E-state index in [1.165, 1.54) is 0 Å². The van der Waals surface area contributed by atoms with Gasteiger partial charge in [0.25, 0.3) is 10.1 Å². The van der Waals surface area contributed by atoms with Gasteiger partial charge in [-0.3, -0.25) is 4.55 Å². The predicted molar refractivity (Wildman–Crippen MR) is 68.8 cm³/mol. The summed E-state index contributed by atoms with van der Waals surface area (Å²) in [5, 5.41) is 2.95. The Hall–Kier alpha value is -0.980. The average Bonchev–Trinajstić information content (AvgIpc) is 2.26. The summed E-state index contributed by atoms with van der Waals surface area (Å²) in [6.07, 6.45) is -1.64. The molecule has 102 valence electrons. The van der Waals surface area contributed by atoms with Crippen molar-refractivity contribution < 1.29 is 17.4 Å². The largest absolute Gasteiger partial charge is 0.305 e. The van der Waals surface area contributed by atoms with Gasteiger partial charge in [0.05, 0.1) is 0 Å². The highest BCUT2D eigenvalue weighted by atomic mass is 32.2. The van der Waals surface area contributed by atoms with Crippen LogP contribution in [0, 0.1) is 0 Å². The molecule has 0 aliphatic carbocycles. The summed E-state index contributed by atoms with van der Waals surface area (Å²) in [6, 6.07) is 9.45. The van der Waals surface area contributed by atoms with Crippen molar-refractivity contribution >= 4 is 10.1 Å². The Morgan fingerprint density at radius 3 is 2.39 bits per heavy atom. The summed E-state index contributed by atoms with van der Waals surface area (Å²) >= 11 is 0. The summed E-state index contributed by atoms with van der Waals surface area (Å²) in [5.41, 5.74) is 0.509. The minimum Gasteiger partial charge on any atom is -0.305 e. The van der Waals surface area contributed by atoms with Crippen molar-refractivity contribution in [2.24, 2.45) is 0 Å². The molecule has 0 heterocycles. The first-order chi connectivity index (χ1) is 8.21. The summed E-state index contributed by atoms with van der Waals surface area (Å²) < 4.78 is 42.9. The second-order valence-corrected chi connectivity index (χ2v) is 6.21. The highest BCUT2D eigenvalue weighted by Gasteiger charge is 2.23. The van der Waals surface area contributed by atoms with Crippen molar-refractivity contribution in [3.05, 3.63) is 35.9 Å². The fourth-order valence-corrected chi connectivity index (χ4v) is 2.19. The highest BCUT2D eigenvalue weighted by Crippen LogP contribution is 2.19. The van der Waals surface area contributed by atoms with Crippen LogP contribution in [0.5, 0.6) is 0 Å². The van der Waals surface area contributed by atoms with Crippen LogP contribution in [0.3, 0.4) is 0 Å². The molecule has 1 rings (SSSR count). The van der Waals surface area contributed by atoms with Gasteiger partial charge in [0.2, 0.25) is 0 Å². The molecule has 0 bridgehead atoms. The van der Waals surface area contributed by atoms with Crippen molar-refractivity contribution in [3.63, 3.8) is 0 Å². The molecule has 0 radical (unpaired) electrons. The van der Waals surface area contributed by atoms with E-state index >= 15 is 0 Å². The molecule has 0 aliphatic heterocycles. The van der Waals surface area contributed by atoms with Crippen LogP contribution in [0.4, 0.5) is 4.39 Å². The third-order valence-electron chi connectivity index (χ3n) is 2.65. The van der Waals surface area contributed by atoms with Crippen LogP contribution in [-0.4, -0.2) is 31.4 Å². The number of hydrogen-bond acceptors (Lipinski definition) is 3. The zero-order valence-electron chi connectivity index (χ0n) is 10.4. The molecule has 0 saturated heterocycles. The molecule has 4 nitrogen and oxygen atoms in total. The summed E-state index contributed by atoms with van der Waals surface area (Å²) in [6.45, 7) is 3.62. The van der Waals surface area contributed by atoms with Gasteiger partial charge in [-0.15, -0.1) is 0 Å². The number of rotatable bonds is 6. The molecule has 1 aromatic rings. The van der Waals surface area contributed by atoms with Gasteiger partial charge in [-0.05, 0) is 19.4 Å². The lowest BCUT2D eigenvalue weighted by molar-refractivity contribution is 0.294. The lowest BCUT2D eigenvalue weighted by Gasteiger charge is -2.27. The van der Waals surface area contributed by atoms with E-state index in [1.807, 2.05) is 44.2 Å². The van der Waals surface area contributed by atoms with Gasteiger partial charge in [-0.1, -0.05) is 30.3 Å². The molecule has 1 unspecified atom stereocenters. The summed E-state index contributed by atoms with van der Waals surface area (Å²) in [5.74, 6) is -0.884. The first kappa shape index (κ1) is 15.1. The summed E-state index contributed by atoms with van der Waals surface area (Å²) in [4.78, 5) is 0. The Labute approximate surface area is 107 Å². The third-order valence-corrected chi connectivity index (χ3v) is 3.44. The number of benzene rings is 1. The van der Waals surface area contributed by atoms with Gasteiger partial charge in [-0.2, -0.15) is 8.42 Å². The normalized spacial score (nSPS) is 14.4. The molecule has 0 fully saturated rings. The Balaban J connectivity index is 2.57. The topological polar surface area (TPSA) is 66.4 Å². The standard InChI is InChI=1S/C12H18FNO3S/c1-12(2,10-6-4-3-5-7-10)14-8-11(13)9-18(15,16)17/h3-7,11,14H,8-9H2,1-2H3,(H,15,16,17). The molecule has 1 aromatic carbocycles. The van der Waals surface area contributed by atoms with Gasteiger partial charge < -0.3 is 5.32 Å². The van der Waals surface area contributed by atoms with E-state index in [4.69, 9.17) is 4.55 Å². The maximum atomic E-state index is 13.3. The quantitative estimate of drug-likeness (QED) is 0.776. The van der Waals surface area contributed by atoms with E-state index in [0.29, 0.717) is 0 Å². The van der Waals surface area contributed by atoms with Crippen LogP contribution >= 0.6 is 0 Å². The van der Waals surface area contributed by atoms with E-state index in [9.17, 15) is 12.8 Å². The molecule has 2 N–H and O–H groups in total. The fourth-order valence-electron chi connectivity index (χ4n) is 1.61. The first-order valence-electron chi connectivity index (χ1n) is 5.60. The second-order valence-electron chi connectivity index (χ2n) is 4.72. The molecular weight excluding hydrogens is 257 g/mol. The Morgan fingerprint density at radius 1 is 1.33 bits per heavy atom. The van der Waals surface area contributed by atoms with Gasteiger partial charge in [0, 0.05) is 12.1 Å². The average molecular weight is 275 g/mol. The lowest BCUT2D eigenvalue weighted by Crippen LogP contribution is -2.41. The highest BCUT2D eigenvalue weighted by molar-refractivity contribution is 7.85. The van der Waals surface area contributed by atoms with Crippen molar-refractivity contribution in [2.75, 3.05) is 12.3 Å². The van der Waals surface area contributed by atoms with Crippen LogP contribution in [0.25, 0.3) is 0 Å². The van der Waals surface area contributed by atoms with Crippen molar-refractivity contribution in [1.29, 1.82) is 0 Å². The van der Waals surface area contributed by atoms with Crippen LogP contribution in [0.2, 0.25) is 0 Å². The molecular formula is C12H18FNO3S. The van der Waals surface area contributed by atoms with E-state index in [2.05, 4.69) is 5.32 Å². The maximum Gasteiger partial charge on any atom is 0.267 e. The first-order valence-corrected chi connectivity index (χ1v) is 7.21. The minimum absolute atomic E-state index is 0.137. The smallest absolute Gasteiger partial charge is 0.267 e. The Bertz CT molecular complexity index is 473. The Morgan fingerprint density at radius 2 is 1.89 bits per heavy atom. The lowest BCUT2D eigenvalue weighted by atomic mass is 9.94. The van der Waals surface area contributed by atoms with E-state index in [-0.39, 0.29) is 6.54 Å². The SMILES string of the molecule is CC(C)(NCC(F)CS(=O)(=O)O)c1ccccc1. The molecule has 18 heavy (non-hydrogen) atoms. The van der Waals surface area contributed by atoms with Crippen LogP contribution < -0.4 is 5.32 Å². The monoisotopic (exact) mass is 275 g/mol. The van der Waals surface area contributed by atoms with Crippen molar-refractivity contribution in [1.82, 2.24) is 5.32 Å². The molecule has 0 amide bonds. The van der Waals surface area contributed by atoms with Crippen LogP contribution in [-0.2, 0) is 15.7 Å². The van der Waals surface area contributed by atoms with Gasteiger partial charge in [0.1, 0.15) is 11.9 Å². The number of nitrogens with one attached hydrogen (secondary N) is 1. The zero-order valence-corrected chi connectivity index (χ0v) is 11.2. The van der Waals surface area contributed by atoms with E-state index in [1.54, 1.807) is 0 Å². The molecule has 6 heteroatoms. The number of hydrogen-bond donors (Lipinski definition) is 2. The van der Waals surface area contributed by atoms with Crippen LogP contribution in [0.15, 0.2) is 30.3 Å². The number of halogens is 1. The molecule has 0 saturated carbocycles. The van der Waals surface area contributed by atoms with Crippen molar-refractivity contribution in [3.8, 4) is 0 Å². The third kappa shape index (κ3) is 5.12. The zero-order chi connectivity index (χ0) is 13.8. The van der Waals surface area contributed by atoms with Gasteiger partial charge >= 0.3 is 0 Å². The predicted octanol–water partition coefficient (Wildman–Crippen LogP) is 1.74. The summed E-state index contributed by atoms with van der Waals surface area (Å²) in [7, 11) is -4.27. The van der Waals surface area contributed by atoms with E-state index < -0.39 is 27.6 Å². The van der Waals surface area contributed by atoms with Gasteiger partial charge in [-0.25, -0.2) is 4.39 Å². The molecule has 0 aliphatic rings.